The zero-order valence-electron chi connectivity index (χ0n) is 23.2. The number of hydrogen-bond donors (Lipinski definition) is 0. The summed E-state index contributed by atoms with van der Waals surface area (Å²) in [6.45, 7) is 0. The minimum atomic E-state index is 1.15. The number of anilines is 3. The summed E-state index contributed by atoms with van der Waals surface area (Å²) in [7, 11) is 0. The molecule has 0 unspecified atom stereocenters. The first-order valence-corrected chi connectivity index (χ1v) is 16.2. The summed E-state index contributed by atoms with van der Waals surface area (Å²) in [5, 5.41) is 7.75. The van der Waals surface area contributed by atoms with Crippen molar-refractivity contribution >= 4 is 90.9 Å². The molecule has 0 saturated carbocycles. The second-order valence-electron chi connectivity index (χ2n) is 10.9. The predicted octanol–water partition coefficient (Wildman–Crippen LogP) is 12.7. The van der Waals surface area contributed by atoms with E-state index < -0.39 is 0 Å². The van der Waals surface area contributed by atoms with Crippen molar-refractivity contribution < 1.29 is 0 Å². The van der Waals surface area contributed by atoms with E-state index in [1.165, 1.54) is 73.6 Å². The van der Waals surface area contributed by atoms with Crippen molar-refractivity contribution in [3.63, 3.8) is 0 Å². The average molecular weight is 584 g/mol. The summed E-state index contributed by atoms with van der Waals surface area (Å²) in [6, 6.07) is 55.4. The summed E-state index contributed by atoms with van der Waals surface area (Å²) in [6.07, 6.45) is 0. The summed E-state index contributed by atoms with van der Waals surface area (Å²) in [5.41, 5.74) is 6.02. The molecule has 7 aromatic carbocycles. The van der Waals surface area contributed by atoms with E-state index in [-0.39, 0.29) is 0 Å². The number of thiophene rings is 2. The number of fused-ring (bicyclic) bond motifs is 7. The van der Waals surface area contributed by atoms with Gasteiger partial charge in [-0.15, -0.1) is 22.7 Å². The largest absolute Gasteiger partial charge is 0.308 e. The van der Waals surface area contributed by atoms with Crippen molar-refractivity contribution in [1.29, 1.82) is 0 Å². The molecule has 0 N–H and O–H groups in total. The quantitative estimate of drug-likeness (QED) is 0.199. The summed E-state index contributed by atoms with van der Waals surface area (Å²) in [4.78, 5) is 2.49. The summed E-state index contributed by atoms with van der Waals surface area (Å²) < 4.78 is 5.23. The molecular weight excluding hydrogens is 559 g/mol. The molecule has 2 aromatic heterocycles. The molecule has 43 heavy (non-hydrogen) atoms. The second kappa shape index (κ2) is 9.81. The highest BCUT2D eigenvalue weighted by atomic mass is 32.1. The van der Waals surface area contributed by atoms with Gasteiger partial charge >= 0.3 is 0 Å². The third-order valence-corrected chi connectivity index (χ3v) is 10.8. The average Bonchev–Trinajstić information content (AvgIpc) is 3.64. The van der Waals surface area contributed by atoms with Crippen molar-refractivity contribution in [2.24, 2.45) is 0 Å². The first-order valence-electron chi connectivity index (χ1n) is 14.5. The van der Waals surface area contributed by atoms with Crippen LogP contribution in [-0.2, 0) is 0 Å². The minimum Gasteiger partial charge on any atom is -0.308 e. The number of rotatable bonds is 4. The van der Waals surface area contributed by atoms with Gasteiger partial charge in [0, 0.05) is 41.3 Å². The lowest BCUT2D eigenvalue weighted by molar-refractivity contribution is 1.32. The highest BCUT2D eigenvalue weighted by Gasteiger charge is 2.22. The van der Waals surface area contributed by atoms with Gasteiger partial charge in [0.05, 0.1) is 16.1 Å². The molecule has 0 saturated heterocycles. The second-order valence-corrected chi connectivity index (χ2v) is 13.0. The zero-order valence-corrected chi connectivity index (χ0v) is 24.8. The Hall–Kier alpha value is -4.96. The minimum absolute atomic E-state index is 1.15. The Morgan fingerprint density at radius 3 is 1.95 bits per heavy atom. The molecule has 0 bridgehead atoms. The Morgan fingerprint density at radius 2 is 1.05 bits per heavy atom. The highest BCUT2D eigenvalue weighted by Crippen LogP contribution is 2.49. The van der Waals surface area contributed by atoms with Crippen LogP contribution < -0.4 is 4.90 Å². The Morgan fingerprint density at radius 1 is 0.419 bits per heavy atom. The fraction of sp³-hybridized carbons (Fsp3) is 0. The number of hydrogen-bond acceptors (Lipinski definition) is 3. The van der Waals surface area contributed by atoms with Gasteiger partial charge in [-0.3, -0.25) is 0 Å². The Labute approximate surface area is 257 Å². The summed E-state index contributed by atoms with van der Waals surface area (Å²) >= 11 is 3.75. The van der Waals surface area contributed by atoms with Crippen LogP contribution >= 0.6 is 22.7 Å². The van der Waals surface area contributed by atoms with Crippen LogP contribution in [0.5, 0.6) is 0 Å². The topological polar surface area (TPSA) is 3.24 Å². The van der Waals surface area contributed by atoms with E-state index in [9.17, 15) is 0 Å². The van der Waals surface area contributed by atoms with Crippen molar-refractivity contribution in [1.82, 2.24) is 0 Å². The van der Waals surface area contributed by atoms with E-state index in [1.807, 2.05) is 22.7 Å². The molecule has 0 spiro atoms. The van der Waals surface area contributed by atoms with Crippen molar-refractivity contribution in [3.8, 4) is 11.1 Å². The molecule has 9 aromatic rings. The van der Waals surface area contributed by atoms with Crippen LogP contribution in [0.15, 0.2) is 152 Å². The molecule has 3 heteroatoms. The van der Waals surface area contributed by atoms with Crippen molar-refractivity contribution in [3.05, 3.63) is 152 Å². The van der Waals surface area contributed by atoms with Gasteiger partial charge in [0.25, 0.3) is 0 Å². The zero-order chi connectivity index (χ0) is 28.3. The molecule has 0 aliphatic rings. The number of nitrogens with zero attached hydrogens (tertiary/aromatic N) is 1. The van der Waals surface area contributed by atoms with Crippen LogP contribution in [0.25, 0.3) is 62.2 Å². The van der Waals surface area contributed by atoms with Crippen molar-refractivity contribution in [2.75, 3.05) is 4.90 Å². The third-order valence-electron chi connectivity index (χ3n) is 8.45. The SMILES string of the molecule is c1cc(-c2cccc3ccccc23)cc(N(c2cccc3c2sc2ccccc23)c2cccc3sc4ccccc4c23)c1. The Kier molecular flexibility index (Phi) is 5.62. The fourth-order valence-electron chi connectivity index (χ4n) is 6.55. The van der Waals surface area contributed by atoms with Crippen LogP contribution in [0.2, 0.25) is 0 Å². The van der Waals surface area contributed by atoms with Gasteiger partial charge in [-0.05, 0) is 64.4 Å². The molecule has 1 nitrogen and oxygen atoms in total. The molecule has 0 aliphatic heterocycles. The van der Waals surface area contributed by atoms with E-state index >= 15 is 0 Å². The van der Waals surface area contributed by atoms with Crippen LogP contribution in [-0.4, -0.2) is 0 Å². The third kappa shape index (κ3) is 3.90. The van der Waals surface area contributed by atoms with Crippen LogP contribution in [0, 0.1) is 0 Å². The molecule has 202 valence electrons. The van der Waals surface area contributed by atoms with Gasteiger partial charge in [0.2, 0.25) is 0 Å². The van der Waals surface area contributed by atoms with E-state index in [0.29, 0.717) is 0 Å². The standard InChI is InChI=1S/C40H25NS2/c1-2-15-29-26(11-1)12-8-18-30(29)27-13-7-14-28(25-27)41(34-20-10-24-38-39(34)33-17-4-6-23-37(33)42-38)35-21-9-19-32-31-16-3-5-22-36(31)43-40(32)35/h1-25H. The van der Waals surface area contributed by atoms with E-state index in [0.717, 1.165) is 5.69 Å². The first-order chi connectivity index (χ1) is 21.3. The molecule has 2 heterocycles. The Bertz CT molecular complexity index is 2480. The lowest BCUT2D eigenvalue weighted by atomic mass is 9.97. The molecule has 0 radical (unpaired) electrons. The van der Waals surface area contributed by atoms with Gasteiger partial charge in [0.1, 0.15) is 0 Å². The maximum atomic E-state index is 2.49. The van der Waals surface area contributed by atoms with Crippen molar-refractivity contribution in [2.45, 2.75) is 0 Å². The van der Waals surface area contributed by atoms with Gasteiger partial charge in [-0.25, -0.2) is 0 Å². The highest BCUT2D eigenvalue weighted by molar-refractivity contribution is 7.26. The van der Waals surface area contributed by atoms with E-state index in [1.54, 1.807) is 0 Å². The molecule has 0 aliphatic carbocycles. The normalized spacial score (nSPS) is 11.7. The van der Waals surface area contributed by atoms with Gasteiger partial charge < -0.3 is 4.90 Å². The van der Waals surface area contributed by atoms with Crippen LogP contribution in [0.4, 0.5) is 17.1 Å². The van der Waals surface area contributed by atoms with E-state index in [2.05, 4.69) is 157 Å². The van der Waals surface area contributed by atoms with Gasteiger partial charge in [-0.2, -0.15) is 0 Å². The van der Waals surface area contributed by atoms with Crippen LogP contribution in [0.1, 0.15) is 0 Å². The molecular formula is C40H25NS2. The number of benzene rings is 7. The van der Waals surface area contributed by atoms with Gasteiger partial charge in [0.15, 0.2) is 0 Å². The fourth-order valence-corrected chi connectivity index (χ4v) is 8.88. The molecule has 0 fully saturated rings. The predicted molar refractivity (Wildman–Crippen MR) is 190 cm³/mol. The maximum absolute atomic E-state index is 2.49. The monoisotopic (exact) mass is 583 g/mol. The van der Waals surface area contributed by atoms with Gasteiger partial charge in [-0.1, -0.05) is 109 Å². The maximum Gasteiger partial charge on any atom is 0.0640 e. The smallest absolute Gasteiger partial charge is 0.0640 e. The molecule has 0 amide bonds. The first kappa shape index (κ1) is 24.6. The van der Waals surface area contributed by atoms with E-state index in [4.69, 9.17) is 0 Å². The summed E-state index contributed by atoms with van der Waals surface area (Å²) in [5.74, 6) is 0. The lowest BCUT2D eigenvalue weighted by Crippen LogP contribution is -2.10. The Balaban J connectivity index is 1.36. The molecule has 0 atom stereocenters. The molecule has 9 rings (SSSR count). The lowest BCUT2D eigenvalue weighted by Gasteiger charge is -2.27. The van der Waals surface area contributed by atoms with Crippen LogP contribution in [0.3, 0.4) is 0 Å².